The van der Waals surface area contributed by atoms with Crippen molar-refractivity contribution < 1.29 is 0 Å². The Morgan fingerprint density at radius 3 is 2.08 bits per heavy atom. The van der Waals surface area contributed by atoms with Gasteiger partial charge in [-0.15, -0.1) is 0 Å². The molecule has 0 saturated heterocycles. The van der Waals surface area contributed by atoms with Crippen LogP contribution in [0.25, 0.3) is 0 Å². The minimum Gasteiger partial charge on any atom is -0.397 e. The summed E-state index contributed by atoms with van der Waals surface area (Å²) in [5, 5.41) is 0. The Hall–Kier alpha value is -0.0200. The summed E-state index contributed by atoms with van der Waals surface area (Å²) in [5.41, 5.74) is 7.87. The minimum absolute atomic E-state index is 0.669. The van der Waals surface area contributed by atoms with E-state index in [-0.39, 0.29) is 0 Å². The van der Waals surface area contributed by atoms with E-state index in [9.17, 15) is 0 Å². The first-order valence-electron chi connectivity index (χ1n) is 4.24. The molecule has 1 nitrogen and oxygen atoms in total. The molecule has 0 fully saturated rings. The van der Waals surface area contributed by atoms with Gasteiger partial charge in [-0.05, 0) is 61.9 Å². The van der Waals surface area contributed by atoms with Gasteiger partial charge in [-0.1, -0.05) is 13.8 Å². The van der Waals surface area contributed by atoms with Crippen LogP contribution < -0.4 is 5.73 Å². The Morgan fingerprint density at radius 1 is 1.23 bits per heavy atom. The van der Waals surface area contributed by atoms with Crippen molar-refractivity contribution in [3.05, 3.63) is 26.6 Å². The van der Waals surface area contributed by atoms with Gasteiger partial charge < -0.3 is 5.73 Å². The van der Waals surface area contributed by atoms with Crippen LogP contribution in [0, 0.1) is 5.92 Å². The second kappa shape index (κ2) is 4.47. The molecule has 0 amide bonds. The Morgan fingerprint density at radius 2 is 1.69 bits per heavy atom. The van der Waals surface area contributed by atoms with E-state index in [0.29, 0.717) is 5.92 Å². The van der Waals surface area contributed by atoms with Crippen molar-refractivity contribution >= 4 is 37.5 Å². The van der Waals surface area contributed by atoms with Crippen molar-refractivity contribution in [3.63, 3.8) is 0 Å². The highest BCUT2D eigenvalue weighted by Gasteiger charge is 2.05. The predicted molar refractivity (Wildman–Crippen MR) is 64.8 cm³/mol. The van der Waals surface area contributed by atoms with Crippen molar-refractivity contribution in [2.75, 3.05) is 5.73 Å². The minimum atomic E-state index is 0.669. The van der Waals surface area contributed by atoms with Gasteiger partial charge in [0.05, 0.1) is 5.69 Å². The van der Waals surface area contributed by atoms with Crippen molar-refractivity contribution in [1.29, 1.82) is 0 Å². The molecule has 1 aromatic carbocycles. The smallest absolute Gasteiger partial charge is 0.0603 e. The standard InChI is InChI=1S/C10H13Br2N/c1-6(2)3-7-4-8(11)10(13)9(12)5-7/h4-6H,3,13H2,1-2H3. The Balaban J connectivity index is 2.99. The van der Waals surface area contributed by atoms with Crippen LogP contribution in [0.4, 0.5) is 5.69 Å². The van der Waals surface area contributed by atoms with E-state index in [4.69, 9.17) is 5.73 Å². The maximum Gasteiger partial charge on any atom is 0.0603 e. The zero-order valence-corrected chi connectivity index (χ0v) is 10.9. The van der Waals surface area contributed by atoms with Crippen molar-refractivity contribution in [2.45, 2.75) is 20.3 Å². The van der Waals surface area contributed by atoms with Gasteiger partial charge in [0.15, 0.2) is 0 Å². The van der Waals surface area contributed by atoms with E-state index in [0.717, 1.165) is 21.1 Å². The Labute approximate surface area is 96.0 Å². The first kappa shape index (κ1) is 11.1. The molecule has 1 rings (SSSR count). The maximum atomic E-state index is 5.79. The summed E-state index contributed by atoms with van der Waals surface area (Å²) in [6, 6.07) is 4.17. The van der Waals surface area contributed by atoms with Gasteiger partial charge in [0, 0.05) is 8.95 Å². The summed E-state index contributed by atoms with van der Waals surface area (Å²) in [7, 11) is 0. The highest BCUT2D eigenvalue weighted by atomic mass is 79.9. The van der Waals surface area contributed by atoms with Gasteiger partial charge in [0.1, 0.15) is 0 Å². The fourth-order valence-electron chi connectivity index (χ4n) is 1.23. The van der Waals surface area contributed by atoms with Gasteiger partial charge in [-0.25, -0.2) is 0 Å². The van der Waals surface area contributed by atoms with E-state index < -0.39 is 0 Å². The highest BCUT2D eigenvalue weighted by molar-refractivity contribution is 9.11. The molecule has 0 aliphatic rings. The van der Waals surface area contributed by atoms with E-state index >= 15 is 0 Å². The van der Waals surface area contributed by atoms with Gasteiger partial charge in [0.25, 0.3) is 0 Å². The molecule has 0 radical (unpaired) electrons. The van der Waals surface area contributed by atoms with Gasteiger partial charge >= 0.3 is 0 Å². The molecule has 0 atom stereocenters. The topological polar surface area (TPSA) is 26.0 Å². The molecule has 2 N–H and O–H groups in total. The number of anilines is 1. The monoisotopic (exact) mass is 305 g/mol. The molecule has 3 heteroatoms. The summed E-state index contributed by atoms with van der Waals surface area (Å²) < 4.78 is 1.94. The largest absolute Gasteiger partial charge is 0.397 e. The summed E-state index contributed by atoms with van der Waals surface area (Å²) in [6.45, 7) is 4.41. The molecule has 0 spiro atoms. The number of hydrogen-bond acceptors (Lipinski definition) is 1. The fraction of sp³-hybridized carbons (Fsp3) is 0.400. The van der Waals surface area contributed by atoms with Crippen molar-refractivity contribution in [2.24, 2.45) is 5.92 Å². The third-order valence-corrected chi connectivity index (χ3v) is 3.09. The molecule has 0 bridgehead atoms. The predicted octanol–water partition coefficient (Wildman–Crippen LogP) is 3.99. The second-order valence-corrected chi connectivity index (χ2v) is 5.28. The molecular weight excluding hydrogens is 294 g/mol. The summed E-state index contributed by atoms with van der Waals surface area (Å²) in [5.74, 6) is 0.669. The lowest BCUT2D eigenvalue weighted by Crippen LogP contribution is -1.96. The number of benzene rings is 1. The van der Waals surface area contributed by atoms with E-state index in [1.54, 1.807) is 0 Å². The van der Waals surface area contributed by atoms with Gasteiger partial charge in [-0.3, -0.25) is 0 Å². The zero-order chi connectivity index (χ0) is 10.0. The number of halogens is 2. The average molecular weight is 307 g/mol. The lowest BCUT2D eigenvalue weighted by atomic mass is 10.0. The molecule has 0 saturated carbocycles. The third-order valence-electron chi connectivity index (χ3n) is 1.78. The molecule has 0 aliphatic heterocycles. The third kappa shape index (κ3) is 2.99. The fourth-order valence-corrected chi connectivity index (χ4v) is 2.51. The van der Waals surface area contributed by atoms with E-state index in [1.165, 1.54) is 5.56 Å². The van der Waals surface area contributed by atoms with Crippen molar-refractivity contribution in [3.8, 4) is 0 Å². The maximum absolute atomic E-state index is 5.79. The lowest BCUT2D eigenvalue weighted by Gasteiger charge is -2.08. The van der Waals surface area contributed by atoms with Crippen LogP contribution in [0.3, 0.4) is 0 Å². The summed E-state index contributed by atoms with van der Waals surface area (Å²) >= 11 is 6.86. The SMILES string of the molecule is CC(C)Cc1cc(Br)c(N)c(Br)c1. The van der Waals surface area contributed by atoms with Gasteiger partial charge in [-0.2, -0.15) is 0 Å². The number of rotatable bonds is 2. The molecule has 0 aliphatic carbocycles. The van der Waals surface area contributed by atoms with Crippen LogP contribution in [0.5, 0.6) is 0 Å². The van der Waals surface area contributed by atoms with E-state index in [2.05, 4.69) is 57.8 Å². The first-order chi connectivity index (χ1) is 6.00. The van der Waals surface area contributed by atoms with Crippen LogP contribution in [0.1, 0.15) is 19.4 Å². The van der Waals surface area contributed by atoms with Crippen LogP contribution in [0.2, 0.25) is 0 Å². The number of hydrogen-bond donors (Lipinski definition) is 1. The van der Waals surface area contributed by atoms with Crippen LogP contribution >= 0.6 is 31.9 Å². The average Bonchev–Trinajstić information content (AvgIpc) is 1.98. The molecule has 1 aromatic rings. The Kier molecular flexibility index (Phi) is 3.80. The normalized spacial score (nSPS) is 10.8. The molecular formula is C10H13Br2N. The van der Waals surface area contributed by atoms with Crippen LogP contribution in [-0.4, -0.2) is 0 Å². The summed E-state index contributed by atoms with van der Waals surface area (Å²) in [4.78, 5) is 0. The number of nitrogens with two attached hydrogens (primary N) is 1. The molecule has 72 valence electrons. The van der Waals surface area contributed by atoms with Crippen LogP contribution in [-0.2, 0) is 6.42 Å². The summed E-state index contributed by atoms with van der Waals surface area (Å²) in [6.07, 6.45) is 1.08. The second-order valence-electron chi connectivity index (χ2n) is 3.57. The van der Waals surface area contributed by atoms with Crippen molar-refractivity contribution in [1.82, 2.24) is 0 Å². The zero-order valence-electron chi connectivity index (χ0n) is 7.77. The quantitative estimate of drug-likeness (QED) is 0.821. The lowest BCUT2D eigenvalue weighted by molar-refractivity contribution is 0.647. The number of nitrogen functional groups attached to an aromatic ring is 1. The highest BCUT2D eigenvalue weighted by Crippen LogP contribution is 2.30. The van der Waals surface area contributed by atoms with Gasteiger partial charge in [0.2, 0.25) is 0 Å². The molecule has 0 heterocycles. The van der Waals surface area contributed by atoms with Crippen LogP contribution in [0.15, 0.2) is 21.1 Å². The molecule has 0 unspecified atom stereocenters. The first-order valence-corrected chi connectivity index (χ1v) is 5.82. The van der Waals surface area contributed by atoms with E-state index in [1.807, 2.05) is 0 Å². The Bertz CT molecular complexity index is 285. The molecule has 0 aromatic heterocycles. The molecule has 13 heavy (non-hydrogen) atoms.